The average molecular weight is 426 g/mol. The maximum atomic E-state index is 12.9. The lowest BCUT2D eigenvalue weighted by Crippen LogP contribution is -2.34. The van der Waals surface area contributed by atoms with Gasteiger partial charge in [0, 0.05) is 18.1 Å². The molecule has 2 unspecified atom stereocenters. The van der Waals surface area contributed by atoms with Crippen LogP contribution in [0.15, 0.2) is 48.5 Å². The van der Waals surface area contributed by atoms with Crippen LogP contribution in [0, 0.1) is 26.1 Å². The number of hydrogen-bond acceptors (Lipinski definition) is 8. The number of phenolic OH excluding ortho intramolecular Hbond substituents is 1. The number of allylic oxidation sites excluding steroid dienone is 2. The summed E-state index contributed by atoms with van der Waals surface area (Å²) in [6.07, 6.45) is 1.26. The third-order valence-electron chi connectivity index (χ3n) is 5.07. The normalized spacial score (nSPS) is 18.2. The number of nitro groups is 2. The lowest BCUT2D eigenvalue weighted by Gasteiger charge is -2.29. The largest absolute Gasteiger partial charge is 0.497 e. The molecule has 1 aliphatic carbocycles. The molecule has 31 heavy (non-hydrogen) atoms. The Balaban J connectivity index is 2.14. The number of benzene rings is 2. The molecule has 2 aromatic rings. The van der Waals surface area contributed by atoms with Gasteiger partial charge in [-0.2, -0.15) is 0 Å². The van der Waals surface area contributed by atoms with Gasteiger partial charge in [-0.05, 0) is 36.1 Å². The first kappa shape index (κ1) is 21.6. The van der Waals surface area contributed by atoms with Crippen molar-refractivity contribution in [1.82, 2.24) is 0 Å². The first-order valence-electron chi connectivity index (χ1n) is 9.36. The zero-order valence-electron chi connectivity index (χ0n) is 16.4. The van der Waals surface area contributed by atoms with E-state index in [9.17, 15) is 34.9 Å². The SMILES string of the molecule is CCOC(=O)C1C(=O)C=C(c2cc([N+](=O)[O-])c(O)c([N+](=O)[O-])c2)CC1c1ccccc1. The second kappa shape index (κ2) is 8.74. The first-order chi connectivity index (χ1) is 14.7. The molecule has 0 saturated heterocycles. The van der Waals surface area contributed by atoms with E-state index in [0.717, 1.165) is 18.2 Å². The van der Waals surface area contributed by atoms with Crippen LogP contribution in [-0.2, 0) is 14.3 Å². The fourth-order valence-corrected chi connectivity index (χ4v) is 3.67. The highest BCUT2D eigenvalue weighted by atomic mass is 16.6. The predicted octanol–water partition coefficient (Wildman–Crippen LogP) is 3.53. The number of carbonyl (C=O) groups excluding carboxylic acids is 2. The Labute approximate surface area is 176 Å². The number of rotatable bonds is 6. The molecule has 0 bridgehead atoms. The van der Waals surface area contributed by atoms with Gasteiger partial charge in [0.25, 0.3) is 5.75 Å². The van der Waals surface area contributed by atoms with Crippen molar-refractivity contribution < 1.29 is 29.3 Å². The standard InChI is InChI=1S/C21H18N2O8/c1-2-31-21(26)19-15(12-6-4-3-5-7-12)8-13(11-18(19)24)14-9-16(22(27)28)20(25)17(10-14)23(29)30/h3-7,9-11,15,19,25H,2,8H2,1H3. The van der Waals surface area contributed by atoms with Gasteiger partial charge >= 0.3 is 17.3 Å². The Bertz CT molecular complexity index is 1060. The van der Waals surface area contributed by atoms with E-state index in [1.165, 1.54) is 0 Å². The number of phenols is 1. The summed E-state index contributed by atoms with van der Waals surface area (Å²) < 4.78 is 5.06. The molecular weight excluding hydrogens is 408 g/mol. The third-order valence-corrected chi connectivity index (χ3v) is 5.07. The quantitative estimate of drug-likeness (QED) is 0.319. The predicted molar refractivity (Wildman–Crippen MR) is 108 cm³/mol. The van der Waals surface area contributed by atoms with E-state index in [4.69, 9.17) is 4.74 Å². The Kier molecular flexibility index (Phi) is 6.10. The van der Waals surface area contributed by atoms with Gasteiger partial charge < -0.3 is 9.84 Å². The highest BCUT2D eigenvalue weighted by Gasteiger charge is 2.40. The fraction of sp³-hybridized carbons (Fsp3) is 0.238. The van der Waals surface area contributed by atoms with Crippen LogP contribution in [0.5, 0.6) is 5.75 Å². The molecule has 10 nitrogen and oxygen atoms in total. The summed E-state index contributed by atoms with van der Waals surface area (Å²) >= 11 is 0. The van der Waals surface area contributed by atoms with Gasteiger partial charge in [-0.3, -0.25) is 29.8 Å². The van der Waals surface area contributed by atoms with Crippen LogP contribution in [0.1, 0.15) is 30.4 Å². The topological polar surface area (TPSA) is 150 Å². The number of carbonyl (C=O) groups is 2. The summed E-state index contributed by atoms with van der Waals surface area (Å²) in [4.78, 5) is 46.0. The minimum absolute atomic E-state index is 0.0489. The van der Waals surface area contributed by atoms with E-state index in [0.29, 0.717) is 5.56 Å². The highest BCUT2D eigenvalue weighted by Crippen LogP contribution is 2.44. The summed E-state index contributed by atoms with van der Waals surface area (Å²) in [6, 6.07) is 10.7. The Hall–Kier alpha value is -4.08. The van der Waals surface area contributed by atoms with Gasteiger partial charge in [0.15, 0.2) is 5.78 Å². The van der Waals surface area contributed by atoms with Crippen molar-refractivity contribution in [2.45, 2.75) is 19.3 Å². The third kappa shape index (κ3) is 4.27. The molecule has 0 spiro atoms. The van der Waals surface area contributed by atoms with E-state index >= 15 is 0 Å². The van der Waals surface area contributed by atoms with E-state index in [1.54, 1.807) is 37.3 Å². The van der Waals surface area contributed by atoms with Crippen LogP contribution in [-0.4, -0.2) is 33.3 Å². The number of nitrogens with zero attached hydrogens (tertiary/aromatic N) is 2. The smallest absolute Gasteiger partial charge is 0.318 e. The second-order valence-corrected chi connectivity index (χ2v) is 6.90. The molecule has 1 aliphatic rings. The van der Waals surface area contributed by atoms with Crippen molar-refractivity contribution in [3.63, 3.8) is 0 Å². The summed E-state index contributed by atoms with van der Waals surface area (Å²) in [5.41, 5.74) is -0.677. The Morgan fingerprint density at radius 3 is 2.23 bits per heavy atom. The zero-order valence-corrected chi connectivity index (χ0v) is 16.4. The highest BCUT2D eigenvalue weighted by molar-refractivity contribution is 6.10. The monoisotopic (exact) mass is 426 g/mol. The maximum Gasteiger partial charge on any atom is 0.318 e. The van der Waals surface area contributed by atoms with Crippen LogP contribution < -0.4 is 0 Å². The van der Waals surface area contributed by atoms with E-state index in [-0.39, 0.29) is 24.2 Å². The Morgan fingerprint density at radius 2 is 1.71 bits per heavy atom. The number of ether oxygens (including phenoxy) is 1. The molecular formula is C21H18N2O8. The van der Waals surface area contributed by atoms with Crippen molar-refractivity contribution in [2.24, 2.45) is 5.92 Å². The molecule has 10 heteroatoms. The zero-order chi connectivity index (χ0) is 22.7. The first-order valence-corrected chi connectivity index (χ1v) is 9.36. The minimum atomic E-state index is -1.10. The van der Waals surface area contributed by atoms with Gasteiger partial charge in [0.05, 0.1) is 16.5 Å². The Morgan fingerprint density at radius 1 is 1.13 bits per heavy atom. The number of ketones is 1. The van der Waals surface area contributed by atoms with Crippen LogP contribution in [0.3, 0.4) is 0 Å². The van der Waals surface area contributed by atoms with Gasteiger partial charge in [-0.15, -0.1) is 0 Å². The van der Waals surface area contributed by atoms with Crippen LogP contribution in [0.2, 0.25) is 0 Å². The van der Waals surface area contributed by atoms with E-state index in [2.05, 4.69) is 0 Å². The molecule has 3 rings (SSSR count). The minimum Gasteiger partial charge on any atom is -0.497 e. The molecule has 0 fully saturated rings. The summed E-state index contributed by atoms with van der Waals surface area (Å²) in [7, 11) is 0. The lowest BCUT2D eigenvalue weighted by molar-refractivity contribution is -0.396. The number of esters is 1. The number of hydrogen-bond donors (Lipinski definition) is 1. The molecule has 0 saturated carbocycles. The average Bonchev–Trinajstić information content (AvgIpc) is 2.73. The summed E-state index contributed by atoms with van der Waals surface area (Å²) in [5, 5.41) is 32.4. The fourth-order valence-electron chi connectivity index (χ4n) is 3.67. The molecule has 160 valence electrons. The molecule has 1 N–H and O–H groups in total. The van der Waals surface area contributed by atoms with Crippen molar-refractivity contribution in [2.75, 3.05) is 6.61 Å². The lowest BCUT2D eigenvalue weighted by atomic mass is 9.73. The summed E-state index contributed by atoms with van der Waals surface area (Å²) in [5.74, 6) is -4.04. The van der Waals surface area contributed by atoms with E-state index < -0.39 is 50.6 Å². The van der Waals surface area contributed by atoms with Crippen molar-refractivity contribution in [3.05, 3.63) is 79.9 Å². The summed E-state index contributed by atoms with van der Waals surface area (Å²) in [6.45, 7) is 1.72. The van der Waals surface area contributed by atoms with E-state index in [1.807, 2.05) is 0 Å². The maximum absolute atomic E-state index is 12.9. The number of nitro benzene ring substituents is 2. The van der Waals surface area contributed by atoms with Crippen molar-refractivity contribution >= 4 is 28.7 Å². The van der Waals surface area contributed by atoms with Crippen LogP contribution >= 0.6 is 0 Å². The van der Waals surface area contributed by atoms with Crippen molar-refractivity contribution in [1.29, 1.82) is 0 Å². The van der Waals surface area contributed by atoms with Gasteiger partial charge in [0.1, 0.15) is 5.92 Å². The molecule has 2 aromatic carbocycles. The molecule has 0 radical (unpaired) electrons. The molecule has 0 aliphatic heterocycles. The van der Waals surface area contributed by atoms with Crippen LogP contribution in [0.25, 0.3) is 5.57 Å². The molecule has 0 heterocycles. The van der Waals surface area contributed by atoms with Gasteiger partial charge in [-0.25, -0.2) is 0 Å². The molecule has 0 amide bonds. The number of aromatic hydroxyl groups is 1. The molecule has 2 atom stereocenters. The second-order valence-electron chi connectivity index (χ2n) is 6.90. The molecule has 0 aromatic heterocycles. The van der Waals surface area contributed by atoms with Crippen molar-refractivity contribution in [3.8, 4) is 5.75 Å². The van der Waals surface area contributed by atoms with Crippen LogP contribution in [0.4, 0.5) is 11.4 Å². The van der Waals surface area contributed by atoms with Gasteiger partial charge in [0.2, 0.25) is 0 Å². The van der Waals surface area contributed by atoms with Gasteiger partial charge in [-0.1, -0.05) is 30.3 Å².